The number of nitrogens with zero attached hydrogens (tertiary/aromatic N) is 3. The largest absolute Gasteiger partial charge is 0.365 e. The Morgan fingerprint density at radius 1 is 1.32 bits per heavy atom. The molecule has 7 heteroatoms. The topological polar surface area (TPSA) is 75.1 Å². The molecule has 19 heavy (non-hydrogen) atoms. The van der Waals surface area contributed by atoms with Gasteiger partial charge in [0, 0.05) is 11.6 Å². The van der Waals surface area contributed by atoms with Crippen molar-refractivity contribution < 1.29 is 0 Å². The summed E-state index contributed by atoms with van der Waals surface area (Å²) in [6, 6.07) is 11.0. The number of rotatable bonds is 3. The number of aromatic amines is 1. The Balaban J connectivity index is 1.81. The third-order valence-electron chi connectivity index (χ3n) is 2.64. The van der Waals surface area contributed by atoms with E-state index in [1.54, 1.807) is 12.1 Å². The van der Waals surface area contributed by atoms with Crippen LogP contribution >= 0.6 is 11.6 Å². The average Bonchev–Trinajstić information content (AvgIpc) is 2.78. The second-order valence-corrected chi connectivity index (χ2v) is 4.44. The predicted octanol–water partition coefficient (Wildman–Crippen LogP) is 1.68. The minimum absolute atomic E-state index is 0.360. The number of halogens is 1. The maximum Gasteiger partial charge on any atom is 0.364 e. The number of nitrogens with one attached hydrogen (secondary N) is 2. The van der Waals surface area contributed by atoms with E-state index in [-0.39, 0.29) is 5.69 Å². The van der Waals surface area contributed by atoms with Crippen LogP contribution in [0.4, 0.5) is 5.82 Å². The number of benzene rings is 1. The molecule has 0 spiro atoms. The number of H-pyrrole nitrogens is 1. The molecule has 96 valence electrons. The monoisotopic (exact) mass is 275 g/mol. The van der Waals surface area contributed by atoms with Crippen molar-refractivity contribution in [1.82, 2.24) is 19.8 Å². The van der Waals surface area contributed by atoms with Crippen LogP contribution in [0.5, 0.6) is 0 Å². The molecule has 1 aromatic carbocycles. The molecule has 0 saturated carbocycles. The summed E-state index contributed by atoms with van der Waals surface area (Å²) in [5.74, 6) is 0.593. The summed E-state index contributed by atoms with van der Waals surface area (Å²) >= 11 is 5.91. The third-order valence-corrected chi connectivity index (χ3v) is 2.87. The zero-order valence-corrected chi connectivity index (χ0v) is 10.6. The molecule has 0 aliphatic carbocycles. The van der Waals surface area contributed by atoms with Crippen molar-refractivity contribution in [3.8, 4) is 0 Å². The van der Waals surface area contributed by atoms with Crippen LogP contribution in [-0.4, -0.2) is 19.8 Å². The number of hydrogen-bond donors (Lipinski definition) is 2. The van der Waals surface area contributed by atoms with Gasteiger partial charge in [0.05, 0.1) is 0 Å². The zero-order valence-electron chi connectivity index (χ0n) is 9.80. The summed E-state index contributed by atoms with van der Waals surface area (Å²) < 4.78 is 1.21. The van der Waals surface area contributed by atoms with E-state index in [0.29, 0.717) is 23.0 Å². The first-order chi connectivity index (χ1) is 9.22. The van der Waals surface area contributed by atoms with Gasteiger partial charge in [-0.15, -0.1) is 5.10 Å². The Morgan fingerprint density at radius 2 is 2.21 bits per heavy atom. The average molecular weight is 276 g/mol. The van der Waals surface area contributed by atoms with Gasteiger partial charge in [0.2, 0.25) is 0 Å². The van der Waals surface area contributed by atoms with E-state index in [4.69, 9.17) is 11.6 Å². The molecule has 3 rings (SSSR count). The third kappa shape index (κ3) is 2.43. The Kier molecular flexibility index (Phi) is 2.92. The molecule has 0 radical (unpaired) electrons. The molecule has 0 atom stereocenters. The molecule has 2 N–H and O–H groups in total. The Labute approximate surface area is 113 Å². The molecule has 6 nitrogen and oxygen atoms in total. The predicted molar refractivity (Wildman–Crippen MR) is 72.4 cm³/mol. The number of anilines is 1. The van der Waals surface area contributed by atoms with Gasteiger partial charge in [-0.1, -0.05) is 23.7 Å². The first-order valence-electron chi connectivity index (χ1n) is 5.65. The van der Waals surface area contributed by atoms with E-state index in [2.05, 4.69) is 20.6 Å². The van der Waals surface area contributed by atoms with Crippen LogP contribution in [0.25, 0.3) is 5.65 Å². The highest BCUT2D eigenvalue weighted by atomic mass is 35.5. The highest BCUT2D eigenvalue weighted by Crippen LogP contribution is 2.12. The molecule has 3 aromatic rings. The van der Waals surface area contributed by atoms with Gasteiger partial charge < -0.3 is 5.32 Å². The van der Waals surface area contributed by atoms with Crippen LogP contribution in [-0.2, 0) is 6.54 Å². The lowest BCUT2D eigenvalue weighted by molar-refractivity contribution is 0.875. The lowest BCUT2D eigenvalue weighted by Crippen LogP contribution is -2.13. The van der Waals surface area contributed by atoms with Crippen molar-refractivity contribution in [3.63, 3.8) is 0 Å². The highest BCUT2D eigenvalue weighted by Gasteiger charge is 2.02. The van der Waals surface area contributed by atoms with Gasteiger partial charge in [0.1, 0.15) is 5.82 Å². The van der Waals surface area contributed by atoms with Gasteiger partial charge in [-0.25, -0.2) is 9.89 Å². The van der Waals surface area contributed by atoms with Crippen molar-refractivity contribution in [2.45, 2.75) is 6.54 Å². The van der Waals surface area contributed by atoms with Gasteiger partial charge in [-0.05, 0) is 29.8 Å². The minimum atomic E-state index is -0.360. The summed E-state index contributed by atoms with van der Waals surface area (Å²) in [4.78, 5) is 11.4. The van der Waals surface area contributed by atoms with Gasteiger partial charge in [0.25, 0.3) is 0 Å². The van der Waals surface area contributed by atoms with E-state index in [9.17, 15) is 4.79 Å². The second-order valence-electron chi connectivity index (χ2n) is 4.00. The Bertz CT molecular complexity index is 779. The molecule has 2 heterocycles. The van der Waals surface area contributed by atoms with Crippen molar-refractivity contribution in [3.05, 3.63) is 57.5 Å². The molecule has 0 saturated heterocycles. The van der Waals surface area contributed by atoms with Gasteiger partial charge >= 0.3 is 5.69 Å². The van der Waals surface area contributed by atoms with Crippen molar-refractivity contribution in [2.75, 3.05) is 5.32 Å². The fourth-order valence-corrected chi connectivity index (χ4v) is 1.95. The van der Waals surface area contributed by atoms with Crippen LogP contribution in [0.15, 0.2) is 41.2 Å². The van der Waals surface area contributed by atoms with Crippen LogP contribution in [0.3, 0.4) is 0 Å². The van der Waals surface area contributed by atoms with Crippen molar-refractivity contribution in [2.24, 2.45) is 0 Å². The van der Waals surface area contributed by atoms with Crippen LogP contribution in [0, 0.1) is 0 Å². The van der Waals surface area contributed by atoms with E-state index in [1.807, 2.05) is 24.3 Å². The van der Waals surface area contributed by atoms with Crippen molar-refractivity contribution in [1.29, 1.82) is 0 Å². The normalized spacial score (nSPS) is 10.8. The lowest BCUT2D eigenvalue weighted by Gasteiger charge is -2.05. The fraction of sp³-hybridized carbons (Fsp3) is 0.0833. The smallest absolute Gasteiger partial charge is 0.364 e. The summed E-state index contributed by atoms with van der Waals surface area (Å²) in [6.45, 7) is 0.575. The summed E-state index contributed by atoms with van der Waals surface area (Å²) in [5.41, 5.74) is 1.16. The first-order valence-corrected chi connectivity index (χ1v) is 6.03. The Hall–Kier alpha value is -2.34. The lowest BCUT2D eigenvalue weighted by atomic mass is 10.2. The number of fused-ring (bicyclic) bond motifs is 1. The zero-order chi connectivity index (χ0) is 13.2. The molecule has 0 aliphatic rings. The molecule has 0 unspecified atom stereocenters. The minimum Gasteiger partial charge on any atom is -0.365 e. The standard InChI is InChI=1S/C12H10ClN5O/c13-9-3-1-2-8(6-9)7-14-10-4-5-11-15-16-12(19)18(11)17-10/h1-6H,7H2,(H,14,17)(H,16,19). The van der Waals surface area contributed by atoms with Gasteiger partial charge in [0.15, 0.2) is 5.65 Å². The number of hydrogen-bond acceptors (Lipinski definition) is 4. The van der Waals surface area contributed by atoms with E-state index < -0.39 is 0 Å². The van der Waals surface area contributed by atoms with E-state index in [0.717, 1.165) is 5.56 Å². The molecule has 0 fully saturated rings. The molecule has 0 amide bonds. The first kappa shape index (κ1) is 11.7. The van der Waals surface area contributed by atoms with Crippen LogP contribution < -0.4 is 11.0 Å². The summed E-state index contributed by atoms with van der Waals surface area (Å²) in [5, 5.41) is 14.1. The van der Waals surface area contributed by atoms with Crippen LogP contribution in [0.1, 0.15) is 5.56 Å². The van der Waals surface area contributed by atoms with E-state index >= 15 is 0 Å². The molecular formula is C12H10ClN5O. The maximum atomic E-state index is 11.4. The van der Waals surface area contributed by atoms with Gasteiger partial charge in [-0.2, -0.15) is 9.61 Å². The molecule has 0 aliphatic heterocycles. The second kappa shape index (κ2) is 4.74. The Morgan fingerprint density at radius 3 is 3.05 bits per heavy atom. The van der Waals surface area contributed by atoms with Crippen molar-refractivity contribution >= 4 is 23.1 Å². The van der Waals surface area contributed by atoms with E-state index in [1.165, 1.54) is 4.52 Å². The summed E-state index contributed by atoms with van der Waals surface area (Å²) in [6.07, 6.45) is 0. The maximum absolute atomic E-state index is 11.4. The molecule has 2 aromatic heterocycles. The SMILES string of the molecule is O=c1[nH]nc2ccc(NCc3cccc(Cl)c3)nn12. The molecule has 0 bridgehead atoms. The number of aromatic nitrogens is 4. The van der Waals surface area contributed by atoms with Gasteiger partial charge in [-0.3, -0.25) is 0 Å². The highest BCUT2D eigenvalue weighted by molar-refractivity contribution is 6.30. The fourth-order valence-electron chi connectivity index (χ4n) is 1.74. The quantitative estimate of drug-likeness (QED) is 0.763. The molecular weight excluding hydrogens is 266 g/mol. The van der Waals surface area contributed by atoms with Crippen LogP contribution in [0.2, 0.25) is 5.02 Å². The summed E-state index contributed by atoms with van der Waals surface area (Å²) in [7, 11) is 0.